The van der Waals surface area contributed by atoms with Crippen LogP contribution in [0.15, 0.2) is 58.3 Å². The monoisotopic (exact) mass is 468 g/mol. The number of rotatable bonds is 9. The highest BCUT2D eigenvalue weighted by molar-refractivity contribution is 7.89. The van der Waals surface area contributed by atoms with E-state index in [0.29, 0.717) is 12.0 Å². The summed E-state index contributed by atoms with van der Waals surface area (Å²) in [4.78, 5) is 0.0710. The molecule has 31 heavy (non-hydrogen) atoms. The van der Waals surface area contributed by atoms with Gasteiger partial charge in [-0.15, -0.1) is 0 Å². The number of nitrogens with one attached hydrogen (secondary N) is 1. The predicted octanol–water partition coefficient (Wildman–Crippen LogP) is 4.04. The van der Waals surface area contributed by atoms with E-state index in [-0.39, 0.29) is 34.2 Å². The zero-order chi connectivity index (χ0) is 22.6. The van der Waals surface area contributed by atoms with E-state index in [1.807, 2.05) is 13.8 Å². The molecule has 1 saturated carbocycles. The molecule has 0 amide bonds. The van der Waals surface area contributed by atoms with Gasteiger partial charge in [0.15, 0.2) is 0 Å². The van der Waals surface area contributed by atoms with Crippen molar-refractivity contribution < 1.29 is 21.2 Å². The number of halogens is 1. The molecular formula is C22H29FN2O4S2. The van der Waals surface area contributed by atoms with Gasteiger partial charge in [-0.25, -0.2) is 25.9 Å². The van der Waals surface area contributed by atoms with Crippen molar-refractivity contribution in [1.82, 2.24) is 9.03 Å². The third kappa shape index (κ3) is 5.71. The highest BCUT2D eigenvalue weighted by Crippen LogP contribution is 2.25. The summed E-state index contributed by atoms with van der Waals surface area (Å²) in [5.74, 6) is -0.385. The predicted molar refractivity (Wildman–Crippen MR) is 118 cm³/mol. The smallest absolute Gasteiger partial charge is 0.208 e. The fraction of sp³-hybridized carbons (Fsp3) is 0.455. The molecule has 170 valence electrons. The lowest BCUT2D eigenvalue weighted by Crippen LogP contribution is -2.37. The van der Waals surface area contributed by atoms with Gasteiger partial charge in [0.05, 0.1) is 9.79 Å². The van der Waals surface area contributed by atoms with Gasteiger partial charge in [0.25, 0.3) is 0 Å². The zero-order valence-corrected chi connectivity index (χ0v) is 19.4. The first-order valence-electron chi connectivity index (χ1n) is 10.5. The minimum Gasteiger partial charge on any atom is -0.208 e. The molecule has 1 aliphatic rings. The van der Waals surface area contributed by atoms with Crippen LogP contribution in [0.3, 0.4) is 0 Å². The second-order valence-electron chi connectivity index (χ2n) is 8.01. The standard InChI is InChI=1S/C22H29FN2O4S2/c1-3-17(2)25(16-18-8-10-19(23)11-9-18)31(28,29)22-14-12-21(13-15-22)30(26,27)24-20-6-4-5-7-20/h8-15,17,20,24H,3-7,16H2,1-2H3. The van der Waals surface area contributed by atoms with Gasteiger partial charge in [0, 0.05) is 18.6 Å². The lowest BCUT2D eigenvalue weighted by Gasteiger charge is -2.28. The average Bonchev–Trinajstić information content (AvgIpc) is 3.25. The first-order chi connectivity index (χ1) is 14.6. The highest BCUT2D eigenvalue weighted by Gasteiger charge is 2.29. The van der Waals surface area contributed by atoms with Crippen LogP contribution in [-0.4, -0.2) is 33.2 Å². The Bertz CT molecular complexity index is 1080. The van der Waals surface area contributed by atoms with Gasteiger partial charge < -0.3 is 0 Å². The van der Waals surface area contributed by atoms with Gasteiger partial charge in [-0.2, -0.15) is 4.31 Å². The fourth-order valence-electron chi connectivity index (χ4n) is 3.71. The SMILES string of the molecule is CCC(C)N(Cc1ccc(F)cc1)S(=O)(=O)c1ccc(S(=O)(=O)NC2CCCC2)cc1. The third-order valence-electron chi connectivity index (χ3n) is 5.75. The Morgan fingerprint density at radius 1 is 0.968 bits per heavy atom. The largest absolute Gasteiger partial charge is 0.243 e. The molecule has 0 spiro atoms. The third-order valence-corrected chi connectivity index (χ3v) is 9.26. The molecule has 0 heterocycles. The first kappa shape index (κ1) is 23.8. The number of sulfonamides is 2. The van der Waals surface area contributed by atoms with Gasteiger partial charge in [0.1, 0.15) is 5.82 Å². The van der Waals surface area contributed by atoms with Crippen LogP contribution < -0.4 is 4.72 Å². The van der Waals surface area contributed by atoms with Crippen molar-refractivity contribution in [2.24, 2.45) is 0 Å². The molecule has 9 heteroatoms. The second kappa shape index (κ2) is 9.77. The van der Waals surface area contributed by atoms with E-state index in [1.54, 1.807) is 12.1 Å². The quantitative estimate of drug-likeness (QED) is 0.602. The summed E-state index contributed by atoms with van der Waals surface area (Å²) in [7, 11) is -7.57. The molecule has 0 radical (unpaired) electrons. The molecule has 0 aromatic heterocycles. The molecule has 1 atom stereocenters. The molecule has 1 aliphatic carbocycles. The molecule has 0 saturated heterocycles. The van der Waals surface area contributed by atoms with Gasteiger partial charge in [-0.05, 0) is 68.1 Å². The van der Waals surface area contributed by atoms with Crippen molar-refractivity contribution in [3.63, 3.8) is 0 Å². The van der Waals surface area contributed by atoms with Crippen LogP contribution in [0.4, 0.5) is 4.39 Å². The molecule has 3 rings (SSSR count). The summed E-state index contributed by atoms with van der Waals surface area (Å²) in [6.45, 7) is 3.80. The van der Waals surface area contributed by atoms with Crippen molar-refractivity contribution in [2.45, 2.75) is 74.4 Å². The van der Waals surface area contributed by atoms with Gasteiger partial charge in [-0.1, -0.05) is 31.9 Å². The summed E-state index contributed by atoms with van der Waals surface area (Å²) in [5, 5.41) is 0. The summed E-state index contributed by atoms with van der Waals surface area (Å²) in [6.07, 6.45) is 4.24. The maximum absolute atomic E-state index is 13.3. The van der Waals surface area contributed by atoms with E-state index in [4.69, 9.17) is 0 Å². The second-order valence-corrected chi connectivity index (χ2v) is 11.6. The average molecular weight is 469 g/mol. The van der Waals surface area contributed by atoms with E-state index < -0.39 is 20.0 Å². The van der Waals surface area contributed by atoms with Gasteiger partial charge >= 0.3 is 0 Å². The van der Waals surface area contributed by atoms with Crippen molar-refractivity contribution >= 4 is 20.0 Å². The zero-order valence-electron chi connectivity index (χ0n) is 17.8. The molecule has 0 aliphatic heterocycles. The highest BCUT2D eigenvalue weighted by atomic mass is 32.2. The summed E-state index contributed by atoms with van der Waals surface area (Å²) < 4.78 is 69.2. The summed E-state index contributed by atoms with van der Waals surface area (Å²) in [5.41, 5.74) is 0.672. The van der Waals surface area contributed by atoms with E-state index in [9.17, 15) is 21.2 Å². The number of hydrogen-bond donors (Lipinski definition) is 1. The lowest BCUT2D eigenvalue weighted by atomic mass is 10.2. The van der Waals surface area contributed by atoms with Crippen LogP contribution in [0, 0.1) is 5.82 Å². The molecule has 2 aromatic rings. The van der Waals surface area contributed by atoms with Crippen LogP contribution in [0.2, 0.25) is 0 Å². The Morgan fingerprint density at radius 2 is 1.52 bits per heavy atom. The fourth-order valence-corrected chi connectivity index (χ4v) is 6.71. The molecule has 2 aromatic carbocycles. The van der Waals surface area contributed by atoms with Gasteiger partial charge in [-0.3, -0.25) is 0 Å². The lowest BCUT2D eigenvalue weighted by molar-refractivity contribution is 0.323. The Labute approximate surface area is 184 Å². The maximum atomic E-state index is 13.3. The van der Waals surface area contributed by atoms with E-state index >= 15 is 0 Å². The van der Waals surface area contributed by atoms with E-state index in [2.05, 4.69) is 4.72 Å². The Hall–Kier alpha value is -1.81. The topological polar surface area (TPSA) is 83.6 Å². The summed E-state index contributed by atoms with van der Waals surface area (Å²) >= 11 is 0. The van der Waals surface area contributed by atoms with Crippen molar-refractivity contribution in [3.8, 4) is 0 Å². The van der Waals surface area contributed by atoms with Crippen LogP contribution in [0.1, 0.15) is 51.5 Å². The Kier molecular flexibility index (Phi) is 7.51. The van der Waals surface area contributed by atoms with Crippen LogP contribution in [0.5, 0.6) is 0 Å². The first-order valence-corrected chi connectivity index (χ1v) is 13.4. The normalized spacial score (nSPS) is 16.6. The molecule has 6 nitrogen and oxygen atoms in total. The minimum absolute atomic E-state index is 0.0229. The maximum Gasteiger partial charge on any atom is 0.243 e. The molecule has 0 bridgehead atoms. The Balaban J connectivity index is 1.84. The van der Waals surface area contributed by atoms with Crippen LogP contribution in [0.25, 0.3) is 0 Å². The molecule has 1 unspecified atom stereocenters. The van der Waals surface area contributed by atoms with E-state index in [0.717, 1.165) is 25.7 Å². The van der Waals surface area contributed by atoms with Crippen molar-refractivity contribution in [3.05, 3.63) is 59.9 Å². The number of hydrogen-bond acceptors (Lipinski definition) is 4. The van der Waals surface area contributed by atoms with Crippen molar-refractivity contribution in [2.75, 3.05) is 0 Å². The number of benzene rings is 2. The van der Waals surface area contributed by atoms with E-state index in [1.165, 1.54) is 40.7 Å². The molecule has 1 N–H and O–H groups in total. The number of nitrogens with zero attached hydrogens (tertiary/aromatic N) is 1. The summed E-state index contributed by atoms with van der Waals surface area (Å²) in [6, 6.07) is 10.7. The van der Waals surface area contributed by atoms with Crippen LogP contribution >= 0.6 is 0 Å². The minimum atomic E-state index is -3.88. The van der Waals surface area contributed by atoms with Crippen molar-refractivity contribution in [1.29, 1.82) is 0 Å². The molecular weight excluding hydrogens is 439 g/mol. The van der Waals surface area contributed by atoms with Gasteiger partial charge in [0.2, 0.25) is 20.0 Å². The Morgan fingerprint density at radius 3 is 2.06 bits per heavy atom. The molecule has 1 fully saturated rings. The van der Waals surface area contributed by atoms with Crippen LogP contribution in [-0.2, 0) is 26.6 Å².